The van der Waals surface area contributed by atoms with Crippen molar-refractivity contribution in [3.63, 3.8) is 0 Å². The van der Waals surface area contributed by atoms with Gasteiger partial charge < -0.3 is 47.0 Å². The normalized spacial score (nSPS) is 23.2. The summed E-state index contributed by atoms with van der Waals surface area (Å²) >= 11 is 0. The lowest BCUT2D eigenvalue weighted by Crippen LogP contribution is -2.59. The number of likely N-dealkylation sites (N-methyl/N-ethyl adjacent to an activating group) is 2. The zero-order valence-corrected chi connectivity index (χ0v) is 47.5. The number of nitrogens with zero attached hydrogens (tertiary/aromatic N) is 5. The standard InChI is InChI=1S/C63H80N12O7/c1-5-49(64-3)58(77)69-56-44(27-30-47-32-34-51(74(47)62(56)81)60(79)67-54(40-19-11-7-12-20-40)41-21-13-8-14-22-41)37-66-53(76)36-29-46-39-73(72-71-46)38-45-28-31-48-33-35-52(75(48)63(82)57(45)70-59(78)50(6-2)65-4)61(80)68-55(42-23-15-9-16-24-42)43-25-17-10-18-26-43/h7-26,39,44-45,47-52,54-57,64-65H,5-6,27-38H2,1-4H3,(H,66,76)(H,67,79)(H,68,80)(H,69,77)(H,70,78). The summed E-state index contributed by atoms with van der Waals surface area (Å²) in [6.07, 6.45) is 7.65. The fourth-order valence-electron chi connectivity index (χ4n) is 12.8. The third-order valence-electron chi connectivity index (χ3n) is 17.4. The van der Waals surface area contributed by atoms with E-state index in [1.165, 1.54) is 0 Å². The number of carbonyl (C=O) groups excluding carboxylic acids is 7. The van der Waals surface area contributed by atoms with E-state index >= 15 is 4.79 Å². The molecule has 19 nitrogen and oxygen atoms in total. The van der Waals surface area contributed by atoms with E-state index < -0.39 is 60.2 Å². The van der Waals surface area contributed by atoms with Gasteiger partial charge in [-0.2, -0.15) is 0 Å². The Bertz CT molecular complexity index is 2880. The zero-order valence-electron chi connectivity index (χ0n) is 47.5. The van der Waals surface area contributed by atoms with Gasteiger partial charge in [-0.3, -0.25) is 38.2 Å². The largest absolute Gasteiger partial charge is 0.356 e. The number of hydrogen-bond acceptors (Lipinski definition) is 11. The molecule has 0 aliphatic carbocycles. The van der Waals surface area contributed by atoms with E-state index in [4.69, 9.17) is 0 Å². The minimum Gasteiger partial charge on any atom is -0.356 e. The topological polar surface area (TPSA) is 241 Å². The van der Waals surface area contributed by atoms with Crippen LogP contribution in [0, 0.1) is 11.8 Å². The van der Waals surface area contributed by atoms with Crippen molar-refractivity contribution in [3.05, 3.63) is 155 Å². The number of fused-ring (bicyclic) bond motifs is 2. The Kier molecular flexibility index (Phi) is 20.0. The zero-order chi connectivity index (χ0) is 57.7. The van der Waals surface area contributed by atoms with Crippen LogP contribution >= 0.6 is 0 Å². The van der Waals surface area contributed by atoms with Crippen LogP contribution in [0.5, 0.6) is 0 Å². The first-order valence-electron chi connectivity index (χ1n) is 29.4. The van der Waals surface area contributed by atoms with Gasteiger partial charge >= 0.3 is 0 Å². The van der Waals surface area contributed by atoms with Gasteiger partial charge in [-0.25, -0.2) is 0 Å². The van der Waals surface area contributed by atoms with Crippen molar-refractivity contribution in [3.8, 4) is 0 Å². The highest BCUT2D eigenvalue weighted by atomic mass is 16.2. The molecule has 10 unspecified atom stereocenters. The van der Waals surface area contributed by atoms with Crippen LogP contribution in [0.1, 0.15) is 125 Å². The van der Waals surface area contributed by atoms with Crippen molar-refractivity contribution in [1.29, 1.82) is 0 Å². The number of benzene rings is 4. The van der Waals surface area contributed by atoms with Gasteiger partial charge in [0.1, 0.15) is 24.2 Å². The first kappa shape index (κ1) is 58.9. The molecule has 9 rings (SSSR count). The Labute approximate surface area is 480 Å². The van der Waals surface area contributed by atoms with Crippen molar-refractivity contribution in [2.24, 2.45) is 11.8 Å². The lowest BCUT2D eigenvalue weighted by molar-refractivity contribution is -0.144. The van der Waals surface area contributed by atoms with Gasteiger partial charge in [0.15, 0.2) is 0 Å². The summed E-state index contributed by atoms with van der Waals surface area (Å²) in [7, 11) is 3.41. The molecule has 7 N–H and O–H groups in total. The van der Waals surface area contributed by atoms with Gasteiger partial charge in [0.05, 0.1) is 29.9 Å². The van der Waals surface area contributed by atoms with Crippen LogP contribution < -0.4 is 37.2 Å². The van der Waals surface area contributed by atoms with Gasteiger partial charge in [-0.1, -0.05) is 140 Å². The SMILES string of the molecule is CCC(NC)C(=O)NC1C(=O)N2C(CCC1CNC(=O)CCc1cn(CC3CCC4CCC(C(=O)NC(c5ccccc5)c5ccccc5)N4C(=O)C3NC(=O)C(CC)NC)nn1)CCC2C(=O)NC(c1ccccc1)c1ccccc1. The number of rotatable bonds is 23. The lowest BCUT2D eigenvalue weighted by atomic mass is 9.92. The summed E-state index contributed by atoms with van der Waals surface area (Å²) in [5.74, 6) is -2.90. The average Bonchev–Trinajstić information content (AvgIpc) is 4.23. The molecule has 5 aromatic rings. The molecule has 19 heteroatoms. The van der Waals surface area contributed by atoms with Gasteiger partial charge in [0, 0.05) is 56.0 Å². The molecular formula is C63H80N12O7. The smallest absolute Gasteiger partial charge is 0.246 e. The van der Waals surface area contributed by atoms with Crippen molar-refractivity contribution >= 4 is 41.4 Å². The second kappa shape index (κ2) is 27.8. The van der Waals surface area contributed by atoms with Crippen LogP contribution in [-0.2, 0) is 46.5 Å². The molecular weight excluding hydrogens is 1040 g/mol. The minimum atomic E-state index is -0.992. The van der Waals surface area contributed by atoms with Crippen LogP contribution in [-0.4, -0.2) is 135 Å². The van der Waals surface area contributed by atoms with Crippen molar-refractivity contribution in [1.82, 2.24) is 62.0 Å². The molecule has 0 bridgehead atoms. The van der Waals surface area contributed by atoms with Crippen LogP contribution in [0.25, 0.3) is 0 Å². The molecule has 434 valence electrons. The van der Waals surface area contributed by atoms with E-state index in [1.54, 1.807) is 34.8 Å². The van der Waals surface area contributed by atoms with E-state index in [2.05, 4.69) is 47.5 Å². The second-order valence-corrected chi connectivity index (χ2v) is 22.4. The maximum absolute atomic E-state index is 15.0. The minimum absolute atomic E-state index is 0.0631. The molecule has 4 saturated heterocycles. The van der Waals surface area contributed by atoms with E-state index in [1.807, 2.05) is 135 Å². The highest BCUT2D eigenvalue weighted by Crippen LogP contribution is 2.37. The summed E-state index contributed by atoms with van der Waals surface area (Å²) in [4.78, 5) is 103. The van der Waals surface area contributed by atoms with Crippen LogP contribution in [0.15, 0.2) is 128 Å². The molecule has 82 heavy (non-hydrogen) atoms. The van der Waals surface area contributed by atoms with Crippen molar-refractivity contribution in [2.75, 3.05) is 20.6 Å². The Morgan fingerprint density at radius 1 is 0.549 bits per heavy atom. The second-order valence-electron chi connectivity index (χ2n) is 22.4. The molecule has 10 atom stereocenters. The summed E-state index contributed by atoms with van der Waals surface area (Å²) in [6, 6.07) is 33.2. The fourth-order valence-corrected chi connectivity index (χ4v) is 12.8. The lowest BCUT2D eigenvalue weighted by Gasteiger charge is -2.33. The third-order valence-corrected chi connectivity index (χ3v) is 17.4. The summed E-state index contributed by atoms with van der Waals surface area (Å²) < 4.78 is 1.66. The van der Waals surface area contributed by atoms with Crippen LogP contribution in [0.4, 0.5) is 0 Å². The van der Waals surface area contributed by atoms with E-state index in [-0.39, 0.29) is 79.4 Å². The molecule has 4 aromatic carbocycles. The first-order chi connectivity index (χ1) is 39.9. The highest BCUT2D eigenvalue weighted by Gasteiger charge is 2.50. The molecule has 0 radical (unpaired) electrons. The van der Waals surface area contributed by atoms with E-state index in [9.17, 15) is 28.8 Å². The van der Waals surface area contributed by atoms with Crippen LogP contribution in [0.3, 0.4) is 0 Å². The Morgan fingerprint density at radius 3 is 1.37 bits per heavy atom. The van der Waals surface area contributed by atoms with E-state index in [0.29, 0.717) is 69.9 Å². The van der Waals surface area contributed by atoms with Crippen molar-refractivity contribution < 1.29 is 33.6 Å². The number of hydrogen-bond donors (Lipinski definition) is 7. The molecule has 4 aliphatic rings. The summed E-state index contributed by atoms with van der Waals surface area (Å²) in [6.45, 7) is 4.16. The molecule has 0 saturated carbocycles. The fraction of sp³-hybridized carbons (Fsp3) is 0.476. The number of aromatic nitrogens is 3. The number of aryl methyl sites for hydroxylation is 1. The Hall–Kier alpha value is -7.77. The molecule has 5 heterocycles. The maximum Gasteiger partial charge on any atom is 0.246 e. The summed E-state index contributed by atoms with van der Waals surface area (Å²) in [5, 5.41) is 30.7. The average molecular weight is 1120 g/mol. The van der Waals surface area contributed by atoms with Gasteiger partial charge in [-0.15, -0.1) is 5.10 Å². The monoisotopic (exact) mass is 1120 g/mol. The van der Waals surface area contributed by atoms with Gasteiger partial charge in [0.2, 0.25) is 41.4 Å². The Balaban J connectivity index is 0.849. The predicted molar refractivity (Wildman–Crippen MR) is 310 cm³/mol. The van der Waals surface area contributed by atoms with Gasteiger partial charge in [0.25, 0.3) is 0 Å². The van der Waals surface area contributed by atoms with E-state index in [0.717, 1.165) is 22.3 Å². The molecule has 4 aliphatic heterocycles. The third kappa shape index (κ3) is 13.8. The summed E-state index contributed by atoms with van der Waals surface area (Å²) in [5.41, 5.74) is 4.22. The molecule has 1 aromatic heterocycles. The number of nitrogens with one attached hydrogen (secondary N) is 7. The maximum atomic E-state index is 15.0. The van der Waals surface area contributed by atoms with Gasteiger partial charge in [-0.05, 0) is 101 Å². The van der Waals surface area contributed by atoms with Crippen molar-refractivity contribution in [2.45, 2.75) is 158 Å². The number of amides is 7. The highest BCUT2D eigenvalue weighted by molar-refractivity contribution is 5.95. The first-order valence-corrected chi connectivity index (χ1v) is 29.4. The Morgan fingerprint density at radius 2 is 0.951 bits per heavy atom. The molecule has 0 spiro atoms. The predicted octanol–water partition coefficient (Wildman–Crippen LogP) is 4.64. The number of carbonyl (C=O) groups is 7. The van der Waals surface area contributed by atoms with Crippen LogP contribution in [0.2, 0.25) is 0 Å². The molecule has 4 fully saturated rings. The molecule has 7 amide bonds. The quantitative estimate of drug-likeness (QED) is 0.0476.